The number of hydrogen-bond donors (Lipinski definition) is 0. The molecule has 0 aliphatic carbocycles. The van der Waals surface area contributed by atoms with Crippen molar-refractivity contribution in [3.63, 3.8) is 0 Å². The van der Waals surface area contributed by atoms with Crippen molar-refractivity contribution < 1.29 is 4.42 Å². The molecule has 0 bridgehead atoms. The third-order valence-electron chi connectivity index (χ3n) is 2.25. The molecule has 68 valence electrons. The average molecular weight is 204 g/mol. The van der Waals surface area contributed by atoms with Crippen molar-refractivity contribution in [2.75, 3.05) is 0 Å². The first kappa shape index (κ1) is 7.83. The van der Waals surface area contributed by atoms with E-state index in [-0.39, 0.29) is 0 Å². The van der Waals surface area contributed by atoms with Gasteiger partial charge in [-0.2, -0.15) is 0 Å². The Morgan fingerprint density at radius 2 is 2.07 bits per heavy atom. The van der Waals surface area contributed by atoms with Crippen LogP contribution in [0.3, 0.4) is 0 Å². The number of nitrogens with zero attached hydrogens (tertiary/aromatic N) is 1. The van der Waals surface area contributed by atoms with Crippen LogP contribution in [0.1, 0.15) is 0 Å². The van der Waals surface area contributed by atoms with Crippen LogP contribution in [0.4, 0.5) is 0 Å². The van der Waals surface area contributed by atoms with Gasteiger partial charge in [0, 0.05) is 17.0 Å². The third kappa shape index (κ3) is 0.946. The predicted molar refractivity (Wildman–Crippen MR) is 56.5 cm³/mol. The quantitative estimate of drug-likeness (QED) is 0.558. The van der Waals surface area contributed by atoms with Crippen molar-refractivity contribution in [2.24, 2.45) is 0 Å². The summed E-state index contributed by atoms with van der Waals surface area (Å²) >= 11 is 6.01. The van der Waals surface area contributed by atoms with E-state index in [4.69, 9.17) is 16.0 Å². The first-order chi connectivity index (χ1) is 6.86. The maximum absolute atomic E-state index is 6.01. The summed E-state index contributed by atoms with van der Waals surface area (Å²) < 4.78 is 5.59. The highest BCUT2D eigenvalue weighted by atomic mass is 35.5. The van der Waals surface area contributed by atoms with Crippen molar-refractivity contribution in [3.05, 3.63) is 41.7 Å². The van der Waals surface area contributed by atoms with Crippen LogP contribution < -0.4 is 0 Å². The number of rotatable bonds is 0. The molecule has 2 nitrogen and oxygen atoms in total. The van der Waals surface area contributed by atoms with Gasteiger partial charge in [0.05, 0.1) is 11.2 Å². The van der Waals surface area contributed by atoms with E-state index in [2.05, 4.69) is 4.98 Å². The molecule has 0 N–H and O–H groups in total. The fourth-order valence-electron chi connectivity index (χ4n) is 1.62. The van der Waals surface area contributed by atoms with Gasteiger partial charge in [0.1, 0.15) is 0 Å². The molecule has 3 aromatic rings. The molecule has 0 aliphatic rings. The van der Waals surface area contributed by atoms with Gasteiger partial charge in [0.15, 0.2) is 11.2 Å². The van der Waals surface area contributed by atoms with E-state index in [1.54, 1.807) is 12.4 Å². The van der Waals surface area contributed by atoms with Crippen molar-refractivity contribution >= 4 is 33.5 Å². The molecule has 0 atom stereocenters. The minimum atomic E-state index is 0.638. The summed E-state index contributed by atoms with van der Waals surface area (Å²) in [4.78, 5) is 4.00. The Bertz CT molecular complexity index is 615. The number of hydrogen-bond acceptors (Lipinski definition) is 2. The van der Waals surface area contributed by atoms with E-state index < -0.39 is 0 Å². The minimum Gasteiger partial charge on any atom is -0.453 e. The van der Waals surface area contributed by atoms with Crippen molar-refractivity contribution in [1.82, 2.24) is 4.98 Å². The Labute approximate surface area is 85.1 Å². The number of aromatic nitrogens is 1. The molecular weight excluding hydrogens is 198 g/mol. The highest BCUT2D eigenvalue weighted by Crippen LogP contribution is 2.32. The predicted octanol–water partition coefficient (Wildman–Crippen LogP) is 3.63. The summed E-state index contributed by atoms with van der Waals surface area (Å²) in [5.41, 5.74) is 1.51. The largest absolute Gasteiger partial charge is 0.453 e. The van der Waals surface area contributed by atoms with Gasteiger partial charge in [-0.25, -0.2) is 0 Å². The van der Waals surface area contributed by atoms with Gasteiger partial charge >= 0.3 is 0 Å². The van der Waals surface area contributed by atoms with Gasteiger partial charge in [0.2, 0.25) is 0 Å². The summed E-state index contributed by atoms with van der Waals surface area (Å²) in [6, 6.07) is 7.66. The second kappa shape index (κ2) is 2.72. The lowest BCUT2D eigenvalue weighted by molar-refractivity contribution is 0.667. The third-order valence-corrected chi connectivity index (χ3v) is 2.55. The van der Waals surface area contributed by atoms with E-state index in [0.717, 1.165) is 21.9 Å². The molecule has 3 heteroatoms. The standard InChI is InChI=1S/C11H6ClNO/c12-9-3-1-2-8-7-4-5-13-6-10(7)14-11(8)9/h1-6H. The lowest BCUT2D eigenvalue weighted by Gasteiger charge is -1.89. The van der Waals surface area contributed by atoms with E-state index in [0.29, 0.717) is 5.02 Å². The summed E-state index contributed by atoms with van der Waals surface area (Å²) in [7, 11) is 0. The van der Waals surface area contributed by atoms with Crippen molar-refractivity contribution in [1.29, 1.82) is 0 Å². The normalized spacial score (nSPS) is 11.2. The maximum atomic E-state index is 6.01. The molecule has 1 aromatic carbocycles. The zero-order valence-electron chi connectivity index (χ0n) is 7.20. The van der Waals surface area contributed by atoms with Crippen molar-refractivity contribution in [3.8, 4) is 0 Å². The van der Waals surface area contributed by atoms with Gasteiger partial charge in [-0.1, -0.05) is 23.7 Å². The molecule has 0 unspecified atom stereocenters. The first-order valence-electron chi connectivity index (χ1n) is 4.27. The molecule has 0 fully saturated rings. The maximum Gasteiger partial charge on any atom is 0.154 e. The second-order valence-electron chi connectivity index (χ2n) is 3.09. The number of para-hydroxylation sites is 1. The lowest BCUT2D eigenvalue weighted by Crippen LogP contribution is -1.68. The van der Waals surface area contributed by atoms with E-state index in [1.807, 2.05) is 24.3 Å². The molecule has 0 radical (unpaired) electrons. The van der Waals surface area contributed by atoms with Crippen LogP contribution >= 0.6 is 11.6 Å². The topological polar surface area (TPSA) is 26.0 Å². The van der Waals surface area contributed by atoms with Gasteiger partial charge in [0.25, 0.3) is 0 Å². The highest BCUT2D eigenvalue weighted by Gasteiger charge is 2.08. The molecule has 14 heavy (non-hydrogen) atoms. The summed E-state index contributed by atoms with van der Waals surface area (Å²) in [5.74, 6) is 0. The van der Waals surface area contributed by atoms with Crippen LogP contribution in [0.15, 0.2) is 41.1 Å². The Balaban J connectivity index is 2.63. The van der Waals surface area contributed by atoms with Crippen LogP contribution in [-0.2, 0) is 0 Å². The fourth-order valence-corrected chi connectivity index (χ4v) is 1.83. The summed E-state index contributed by atoms with van der Waals surface area (Å²) in [5, 5.41) is 2.73. The van der Waals surface area contributed by atoms with E-state index in [9.17, 15) is 0 Å². The molecule has 0 aliphatic heterocycles. The molecule has 3 rings (SSSR count). The molecule has 0 spiro atoms. The Kier molecular flexibility index (Phi) is 1.52. The highest BCUT2D eigenvalue weighted by molar-refractivity contribution is 6.35. The average Bonchev–Trinajstić information content (AvgIpc) is 2.59. The van der Waals surface area contributed by atoms with Gasteiger partial charge < -0.3 is 4.42 Å². The molecule has 0 saturated carbocycles. The number of pyridine rings is 1. The van der Waals surface area contributed by atoms with Crippen LogP contribution in [-0.4, -0.2) is 4.98 Å². The molecular formula is C11H6ClNO. The Hall–Kier alpha value is -1.54. The fraction of sp³-hybridized carbons (Fsp3) is 0. The van der Waals surface area contributed by atoms with Gasteiger partial charge in [-0.05, 0) is 12.1 Å². The number of halogens is 1. The van der Waals surface area contributed by atoms with Crippen LogP contribution in [0.2, 0.25) is 5.02 Å². The molecule has 0 amide bonds. The Morgan fingerprint density at radius 3 is 3.00 bits per heavy atom. The Morgan fingerprint density at radius 1 is 1.14 bits per heavy atom. The first-order valence-corrected chi connectivity index (χ1v) is 4.65. The smallest absolute Gasteiger partial charge is 0.154 e. The van der Waals surface area contributed by atoms with E-state index >= 15 is 0 Å². The zero-order valence-corrected chi connectivity index (χ0v) is 7.95. The second-order valence-corrected chi connectivity index (χ2v) is 3.50. The SMILES string of the molecule is Clc1cccc2c1oc1cnccc12. The number of benzene rings is 1. The number of furan rings is 1. The van der Waals surface area contributed by atoms with Crippen LogP contribution in [0, 0.1) is 0 Å². The zero-order chi connectivity index (χ0) is 9.54. The summed E-state index contributed by atoms with van der Waals surface area (Å²) in [6.45, 7) is 0. The van der Waals surface area contributed by atoms with Gasteiger partial charge in [-0.15, -0.1) is 0 Å². The summed E-state index contributed by atoms with van der Waals surface area (Å²) in [6.07, 6.45) is 3.45. The minimum absolute atomic E-state index is 0.638. The van der Waals surface area contributed by atoms with Crippen LogP contribution in [0.25, 0.3) is 21.9 Å². The number of fused-ring (bicyclic) bond motifs is 3. The monoisotopic (exact) mass is 203 g/mol. The lowest BCUT2D eigenvalue weighted by atomic mass is 10.2. The van der Waals surface area contributed by atoms with E-state index in [1.165, 1.54) is 0 Å². The van der Waals surface area contributed by atoms with Crippen LogP contribution in [0.5, 0.6) is 0 Å². The molecule has 2 heterocycles. The van der Waals surface area contributed by atoms with Crippen molar-refractivity contribution in [2.45, 2.75) is 0 Å². The van der Waals surface area contributed by atoms with Gasteiger partial charge in [-0.3, -0.25) is 4.98 Å². The molecule has 2 aromatic heterocycles. The molecule has 0 saturated heterocycles.